The topological polar surface area (TPSA) is 35.5 Å². The molecule has 0 bridgehead atoms. The first-order valence-electron chi connectivity index (χ1n) is 10.00. The Morgan fingerprint density at radius 2 is 1.93 bits per heavy atom. The van der Waals surface area contributed by atoms with Crippen molar-refractivity contribution in [1.29, 1.82) is 0 Å². The third-order valence-electron chi connectivity index (χ3n) is 5.49. The van der Waals surface area contributed by atoms with Gasteiger partial charge in [-0.1, -0.05) is 30.7 Å². The highest BCUT2D eigenvalue weighted by molar-refractivity contribution is 6.30. The van der Waals surface area contributed by atoms with Gasteiger partial charge in [0.2, 0.25) is 5.95 Å². The first-order chi connectivity index (χ1) is 13.2. The number of anilines is 1. The minimum Gasteiger partial charge on any atom is -0.338 e. The van der Waals surface area contributed by atoms with Crippen molar-refractivity contribution in [3.63, 3.8) is 0 Å². The second kappa shape index (κ2) is 8.55. The number of fused-ring (bicyclic) bond motifs is 1. The maximum Gasteiger partial charge on any atom is 0.225 e. The summed E-state index contributed by atoms with van der Waals surface area (Å²) in [6.45, 7) is 10.6. The Bertz CT molecular complexity index is 773. The summed E-state index contributed by atoms with van der Waals surface area (Å²) in [5.74, 6) is 0.910. The quantitative estimate of drug-likeness (QED) is 0.789. The van der Waals surface area contributed by atoms with E-state index >= 15 is 0 Å². The zero-order valence-corrected chi connectivity index (χ0v) is 16.8. The second-order valence-corrected chi connectivity index (χ2v) is 8.00. The molecule has 0 amide bonds. The third-order valence-corrected chi connectivity index (χ3v) is 5.73. The molecule has 6 heteroatoms. The lowest BCUT2D eigenvalue weighted by molar-refractivity contribution is 0.242. The summed E-state index contributed by atoms with van der Waals surface area (Å²) in [4.78, 5) is 16.9. The molecule has 0 radical (unpaired) electrons. The first-order valence-corrected chi connectivity index (χ1v) is 10.4. The standard InChI is InChI=1S/C21H28ClN5/c1-2-7-25-9-11-27(12-10-25)21-23-14-18-16-26(8-6-20(18)24-21)15-17-4-3-5-19(22)13-17/h3-5,13-14H,2,6-12,15-16H2,1H3. The summed E-state index contributed by atoms with van der Waals surface area (Å²) in [6, 6.07) is 8.13. The average Bonchev–Trinajstić information content (AvgIpc) is 2.68. The van der Waals surface area contributed by atoms with E-state index in [1.807, 2.05) is 18.3 Å². The summed E-state index contributed by atoms with van der Waals surface area (Å²) < 4.78 is 0. The SMILES string of the molecule is CCCN1CCN(c2ncc3c(n2)CCN(Cc2cccc(Cl)c2)C3)CC1. The average molecular weight is 386 g/mol. The van der Waals surface area contributed by atoms with Gasteiger partial charge in [0.15, 0.2) is 0 Å². The molecule has 0 spiro atoms. The van der Waals surface area contributed by atoms with Gasteiger partial charge >= 0.3 is 0 Å². The van der Waals surface area contributed by atoms with Crippen LogP contribution < -0.4 is 4.90 Å². The zero-order valence-electron chi connectivity index (χ0n) is 16.1. The summed E-state index contributed by atoms with van der Waals surface area (Å²) in [6.07, 6.45) is 4.25. The van der Waals surface area contributed by atoms with Crippen LogP contribution in [0.4, 0.5) is 5.95 Å². The molecule has 3 heterocycles. The lowest BCUT2D eigenvalue weighted by Gasteiger charge is -2.35. The molecule has 5 nitrogen and oxygen atoms in total. The van der Waals surface area contributed by atoms with Gasteiger partial charge in [0.05, 0.1) is 5.69 Å². The minimum absolute atomic E-state index is 0.803. The molecule has 2 aliphatic rings. The van der Waals surface area contributed by atoms with Crippen LogP contribution in [-0.4, -0.2) is 59.0 Å². The summed E-state index contributed by atoms with van der Waals surface area (Å²) in [5, 5.41) is 0.803. The largest absolute Gasteiger partial charge is 0.338 e. The van der Waals surface area contributed by atoms with E-state index in [9.17, 15) is 0 Å². The lowest BCUT2D eigenvalue weighted by Crippen LogP contribution is -2.47. The van der Waals surface area contributed by atoms with Gasteiger partial charge in [0.1, 0.15) is 0 Å². The van der Waals surface area contributed by atoms with Gasteiger partial charge in [-0.25, -0.2) is 9.97 Å². The van der Waals surface area contributed by atoms with Crippen molar-refractivity contribution in [1.82, 2.24) is 19.8 Å². The van der Waals surface area contributed by atoms with Crippen LogP contribution in [0.1, 0.15) is 30.2 Å². The molecule has 27 heavy (non-hydrogen) atoms. The van der Waals surface area contributed by atoms with E-state index in [1.54, 1.807) is 0 Å². The summed E-state index contributed by atoms with van der Waals surface area (Å²) in [5.41, 5.74) is 3.74. The van der Waals surface area contributed by atoms with E-state index < -0.39 is 0 Å². The molecule has 0 N–H and O–H groups in total. The van der Waals surface area contributed by atoms with Crippen molar-refractivity contribution in [2.24, 2.45) is 0 Å². The molecule has 0 aliphatic carbocycles. The maximum absolute atomic E-state index is 6.12. The zero-order chi connectivity index (χ0) is 18.6. The van der Waals surface area contributed by atoms with Crippen molar-refractivity contribution >= 4 is 17.5 Å². The van der Waals surface area contributed by atoms with Crippen molar-refractivity contribution < 1.29 is 0 Å². The number of aromatic nitrogens is 2. The van der Waals surface area contributed by atoms with Crippen LogP contribution in [0.5, 0.6) is 0 Å². The molecular weight excluding hydrogens is 358 g/mol. The highest BCUT2D eigenvalue weighted by Gasteiger charge is 2.22. The van der Waals surface area contributed by atoms with Crippen molar-refractivity contribution in [3.8, 4) is 0 Å². The highest BCUT2D eigenvalue weighted by Crippen LogP contribution is 2.22. The van der Waals surface area contributed by atoms with Crippen molar-refractivity contribution in [2.75, 3.05) is 44.2 Å². The van der Waals surface area contributed by atoms with E-state index in [0.717, 1.165) is 63.2 Å². The van der Waals surface area contributed by atoms with Crippen LogP contribution in [0, 0.1) is 0 Å². The van der Waals surface area contributed by atoms with Crippen LogP contribution >= 0.6 is 11.6 Å². The first kappa shape index (κ1) is 18.7. The monoisotopic (exact) mass is 385 g/mol. The Kier molecular flexibility index (Phi) is 5.91. The van der Waals surface area contributed by atoms with Gasteiger partial charge in [0.25, 0.3) is 0 Å². The number of hydrogen-bond acceptors (Lipinski definition) is 5. The van der Waals surface area contributed by atoms with Crippen LogP contribution in [-0.2, 0) is 19.5 Å². The van der Waals surface area contributed by atoms with Crippen LogP contribution in [0.15, 0.2) is 30.5 Å². The number of benzene rings is 1. The van der Waals surface area contributed by atoms with E-state index in [1.165, 1.54) is 29.8 Å². The van der Waals surface area contributed by atoms with E-state index in [2.05, 4.69) is 33.8 Å². The number of halogens is 1. The Morgan fingerprint density at radius 3 is 2.70 bits per heavy atom. The van der Waals surface area contributed by atoms with Gasteiger partial charge in [-0.05, 0) is 30.7 Å². The molecule has 144 valence electrons. The Labute approximate surface area is 167 Å². The number of piperazine rings is 1. The smallest absolute Gasteiger partial charge is 0.225 e. The van der Waals surface area contributed by atoms with Gasteiger partial charge < -0.3 is 4.90 Å². The predicted octanol–water partition coefficient (Wildman–Crippen LogP) is 3.22. The van der Waals surface area contributed by atoms with Crippen LogP contribution in [0.25, 0.3) is 0 Å². The highest BCUT2D eigenvalue weighted by atomic mass is 35.5. The molecule has 0 atom stereocenters. The van der Waals surface area contributed by atoms with Crippen molar-refractivity contribution in [3.05, 3.63) is 52.3 Å². The molecule has 1 saturated heterocycles. The molecular formula is C21H28ClN5. The second-order valence-electron chi connectivity index (χ2n) is 7.56. The van der Waals surface area contributed by atoms with Gasteiger partial charge in [-0.3, -0.25) is 9.80 Å². The maximum atomic E-state index is 6.12. The Morgan fingerprint density at radius 1 is 1.07 bits per heavy atom. The van der Waals surface area contributed by atoms with E-state index in [4.69, 9.17) is 21.6 Å². The fourth-order valence-corrected chi connectivity index (χ4v) is 4.25. The Balaban J connectivity index is 1.38. The minimum atomic E-state index is 0.803. The van der Waals surface area contributed by atoms with Gasteiger partial charge in [0, 0.05) is 69.0 Å². The van der Waals surface area contributed by atoms with Crippen molar-refractivity contribution in [2.45, 2.75) is 32.9 Å². The van der Waals surface area contributed by atoms with E-state index in [-0.39, 0.29) is 0 Å². The molecule has 2 aliphatic heterocycles. The lowest BCUT2D eigenvalue weighted by atomic mass is 10.1. The molecule has 1 aromatic carbocycles. The molecule has 0 unspecified atom stereocenters. The number of hydrogen-bond donors (Lipinski definition) is 0. The molecule has 2 aromatic rings. The normalized spacial score (nSPS) is 18.5. The van der Waals surface area contributed by atoms with Crippen LogP contribution in [0.3, 0.4) is 0 Å². The third kappa shape index (κ3) is 4.60. The summed E-state index contributed by atoms with van der Waals surface area (Å²) >= 11 is 6.12. The predicted molar refractivity (Wildman–Crippen MR) is 110 cm³/mol. The molecule has 1 fully saturated rings. The summed E-state index contributed by atoms with van der Waals surface area (Å²) in [7, 11) is 0. The number of rotatable bonds is 5. The molecule has 4 rings (SSSR count). The fourth-order valence-electron chi connectivity index (χ4n) is 4.03. The van der Waals surface area contributed by atoms with E-state index in [0.29, 0.717) is 0 Å². The fraction of sp³-hybridized carbons (Fsp3) is 0.524. The number of nitrogens with zero attached hydrogens (tertiary/aromatic N) is 5. The van der Waals surface area contributed by atoms with Gasteiger partial charge in [-0.15, -0.1) is 0 Å². The van der Waals surface area contributed by atoms with Gasteiger partial charge in [-0.2, -0.15) is 0 Å². The molecule has 0 saturated carbocycles. The Hall–Kier alpha value is -1.69. The van der Waals surface area contributed by atoms with Crippen LogP contribution in [0.2, 0.25) is 5.02 Å². The molecule has 1 aromatic heterocycles.